The van der Waals surface area contributed by atoms with Crippen LogP contribution in [0.5, 0.6) is 0 Å². The highest BCUT2D eigenvalue weighted by Crippen LogP contribution is 2.27. The average molecular weight is 295 g/mol. The van der Waals surface area contributed by atoms with Crippen molar-refractivity contribution >= 4 is 23.0 Å². The Morgan fingerprint density at radius 1 is 1.10 bits per heavy atom. The molecule has 1 heterocycles. The molecule has 0 aliphatic carbocycles. The lowest BCUT2D eigenvalue weighted by Gasteiger charge is -2.26. The molecule has 0 saturated carbocycles. The fourth-order valence-corrected chi connectivity index (χ4v) is 2.96. The van der Waals surface area contributed by atoms with E-state index >= 15 is 0 Å². The van der Waals surface area contributed by atoms with E-state index in [1.807, 2.05) is 25.1 Å². The van der Waals surface area contributed by atoms with Gasteiger partial charge in [-0.3, -0.25) is 0 Å². The maximum Gasteiger partial charge on any atom is 0.0858 e. The minimum Gasteiger partial charge on any atom is -0.411 e. The maximum atomic E-state index is 9.07. The van der Waals surface area contributed by atoms with Crippen molar-refractivity contribution in [1.82, 2.24) is 0 Å². The zero-order valence-corrected chi connectivity index (χ0v) is 12.9. The van der Waals surface area contributed by atoms with Crippen LogP contribution in [0.15, 0.2) is 23.4 Å². The molecule has 0 atom stereocenters. The van der Waals surface area contributed by atoms with E-state index in [1.54, 1.807) is 0 Å². The minimum atomic E-state index is 0.613. The molecule has 1 aromatic rings. The van der Waals surface area contributed by atoms with Gasteiger partial charge in [-0.05, 0) is 38.0 Å². The molecule has 0 amide bonds. The number of hydrogen-bond acceptors (Lipinski definition) is 3. The van der Waals surface area contributed by atoms with E-state index < -0.39 is 0 Å². The third-order valence-electron chi connectivity index (χ3n) is 3.95. The van der Waals surface area contributed by atoms with Crippen LogP contribution in [0.1, 0.15) is 51.0 Å². The molecular weight excluding hydrogens is 272 g/mol. The summed E-state index contributed by atoms with van der Waals surface area (Å²) in [7, 11) is 0. The Hall–Kier alpha value is -1.22. The highest BCUT2D eigenvalue weighted by atomic mass is 35.5. The van der Waals surface area contributed by atoms with Crippen LogP contribution >= 0.6 is 11.6 Å². The van der Waals surface area contributed by atoms with E-state index in [1.165, 1.54) is 38.5 Å². The third-order valence-corrected chi connectivity index (χ3v) is 4.18. The standard InChI is InChI=1S/C16H23ClN2O/c1-13(18-20)15-12-14(17)8-9-16(15)19-10-6-4-2-3-5-7-11-19/h8-9,12,20H,2-7,10-11H2,1H3/b18-13-. The third kappa shape index (κ3) is 3.89. The second-order valence-electron chi connectivity index (χ2n) is 5.46. The molecule has 1 N–H and O–H groups in total. The molecule has 1 saturated heterocycles. The Balaban J connectivity index is 2.28. The molecule has 0 aromatic heterocycles. The summed E-state index contributed by atoms with van der Waals surface area (Å²) in [5.74, 6) is 0. The van der Waals surface area contributed by atoms with Gasteiger partial charge >= 0.3 is 0 Å². The first-order chi connectivity index (χ1) is 9.72. The summed E-state index contributed by atoms with van der Waals surface area (Å²) in [5, 5.41) is 13.1. The van der Waals surface area contributed by atoms with Gasteiger partial charge in [-0.2, -0.15) is 0 Å². The molecule has 20 heavy (non-hydrogen) atoms. The number of oxime groups is 1. The second-order valence-corrected chi connectivity index (χ2v) is 5.89. The predicted octanol–water partition coefficient (Wildman–Crippen LogP) is 4.70. The van der Waals surface area contributed by atoms with Gasteiger partial charge in [0.2, 0.25) is 0 Å². The van der Waals surface area contributed by atoms with Crippen LogP contribution in [0.2, 0.25) is 5.02 Å². The lowest BCUT2D eigenvalue weighted by molar-refractivity contribution is 0.319. The van der Waals surface area contributed by atoms with Crippen LogP contribution in [-0.4, -0.2) is 24.0 Å². The summed E-state index contributed by atoms with van der Waals surface area (Å²) in [5.41, 5.74) is 2.67. The molecule has 4 heteroatoms. The van der Waals surface area contributed by atoms with Crippen molar-refractivity contribution in [1.29, 1.82) is 0 Å². The second kappa shape index (κ2) is 7.53. The molecule has 0 spiro atoms. The number of hydrogen-bond donors (Lipinski definition) is 1. The fourth-order valence-electron chi connectivity index (χ4n) is 2.79. The number of nitrogens with zero attached hydrogens (tertiary/aromatic N) is 2. The van der Waals surface area contributed by atoms with Gasteiger partial charge in [-0.15, -0.1) is 0 Å². The van der Waals surface area contributed by atoms with Crippen LogP contribution in [0, 0.1) is 0 Å². The molecule has 2 rings (SSSR count). The van der Waals surface area contributed by atoms with E-state index in [2.05, 4.69) is 10.1 Å². The number of benzene rings is 1. The van der Waals surface area contributed by atoms with Gasteiger partial charge in [-0.1, -0.05) is 42.4 Å². The summed E-state index contributed by atoms with van der Waals surface area (Å²) in [6.07, 6.45) is 7.73. The summed E-state index contributed by atoms with van der Waals surface area (Å²) in [6.45, 7) is 3.94. The monoisotopic (exact) mass is 294 g/mol. The zero-order chi connectivity index (χ0) is 14.4. The van der Waals surface area contributed by atoms with E-state index in [-0.39, 0.29) is 0 Å². The highest BCUT2D eigenvalue weighted by Gasteiger charge is 2.14. The Bertz CT molecular complexity index is 464. The summed E-state index contributed by atoms with van der Waals surface area (Å²) < 4.78 is 0. The smallest absolute Gasteiger partial charge is 0.0858 e. The number of halogens is 1. The first kappa shape index (κ1) is 15.2. The number of anilines is 1. The van der Waals surface area contributed by atoms with Gasteiger partial charge in [0.05, 0.1) is 5.71 Å². The molecule has 1 aliphatic rings. The largest absolute Gasteiger partial charge is 0.411 e. The van der Waals surface area contributed by atoms with Gasteiger partial charge < -0.3 is 10.1 Å². The lowest BCUT2D eigenvalue weighted by atomic mass is 10.1. The maximum absolute atomic E-state index is 9.07. The van der Waals surface area contributed by atoms with Crippen molar-refractivity contribution in [3.8, 4) is 0 Å². The SMILES string of the molecule is C/C(=N/O)c1cc(Cl)ccc1N1CCCCCCCC1. The lowest BCUT2D eigenvalue weighted by Crippen LogP contribution is -2.27. The minimum absolute atomic E-state index is 0.613. The molecule has 1 fully saturated rings. The van der Waals surface area contributed by atoms with Gasteiger partial charge in [-0.25, -0.2) is 0 Å². The molecule has 1 aromatic carbocycles. The zero-order valence-electron chi connectivity index (χ0n) is 12.1. The van der Waals surface area contributed by atoms with E-state index in [0.717, 1.165) is 24.3 Å². The summed E-state index contributed by atoms with van der Waals surface area (Å²) in [6, 6.07) is 5.85. The van der Waals surface area contributed by atoms with Crippen molar-refractivity contribution < 1.29 is 5.21 Å². The van der Waals surface area contributed by atoms with E-state index in [9.17, 15) is 0 Å². The highest BCUT2D eigenvalue weighted by molar-refractivity contribution is 6.31. The molecule has 0 unspecified atom stereocenters. The summed E-state index contributed by atoms with van der Waals surface area (Å²) in [4.78, 5) is 2.41. The Kier molecular flexibility index (Phi) is 5.72. The van der Waals surface area contributed by atoms with E-state index in [4.69, 9.17) is 16.8 Å². The molecule has 3 nitrogen and oxygen atoms in total. The molecule has 1 aliphatic heterocycles. The first-order valence-corrected chi connectivity index (χ1v) is 7.83. The molecule has 0 bridgehead atoms. The van der Waals surface area contributed by atoms with Crippen molar-refractivity contribution in [3.05, 3.63) is 28.8 Å². The van der Waals surface area contributed by atoms with Crippen molar-refractivity contribution in [2.45, 2.75) is 45.4 Å². The van der Waals surface area contributed by atoms with Gasteiger partial charge in [0.25, 0.3) is 0 Å². The Labute approximate surface area is 126 Å². The molecule has 0 radical (unpaired) electrons. The van der Waals surface area contributed by atoms with Crippen molar-refractivity contribution in [3.63, 3.8) is 0 Å². The topological polar surface area (TPSA) is 35.8 Å². The number of rotatable bonds is 2. The predicted molar refractivity (Wildman–Crippen MR) is 85.4 cm³/mol. The normalized spacial score (nSPS) is 18.3. The van der Waals surface area contributed by atoms with Crippen LogP contribution in [0.4, 0.5) is 5.69 Å². The van der Waals surface area contributed by atoms with Crippen molar-refractivity contribution in [2.24, 2.45) is 5.16 Å². The molecular formula is C16H23ClN2O. The van der Waals surface area contributed by atoms with E-state index in [0.29, 0.717) is 10.7 Å². The first-order valence-electron chi connectivity index (χ1n) is 7.46. The fraction of sp³-hybridized carbons (Fsp3) is 0.562. The quantitative estimate of drug-likeness (QED) is 0.487. The van der Waals surface area contributed by atoms with Crippen LogP contribution in [0.3, 0.4) is 0 Å². The van der Waals surface area contributed by atoms with Crippen LogP contribution in [0.25, 0.3) is 0 Å². The Morgan fingerprint density at radius 3 is 2.30 bits per heavy atom. The van der Waals surface area contributed by atoms with Crippen LogP contribution in [-0.2, 0) is 0 Å². The molecule has 110 valence electrons. The average Bonchev–Trinajstić information content (AvgIpc) is 2.60. The summed E-state index contributed by atoms with van der Waals surface area (Å²) >= 11 is 6.09. The van der Waals surface area contributed by atoms with Crippen molar-refractivity contribution in [2.75, 3.05) is 18.0 Å². The van der Waals surface area contributed by atoms with Crippen LogP contribution < -0.4 is 4.90 Å². The van der Waals surface area contributed by atoms with Gasteiger partial charge in [0.15, 0.2) is 0 Å². The van der Waals surface area contributed by atoms with Gasteiger partial charge in [0, 0.05) is 29.4 Å². The Morgan fingerprint density at radius 2 is 1.70 bits per heavy atom. The van der Waals surface area contributed by atoms with Gasteiger partial charge in [0.1, 0.15) is 0 Å².